The molecule has 2 N–H and O–H groups in total. The van der Waals surface area contributed by atoms with Crippen molar-refractivity contribution in [3.63, 3.8) is 0 Å². The Balaban J connectivity index is 1.62. The number of halogens is 1. The Morgan fingerprint density at radius 2 is 1.39 bits per heavy atom. The molecule has 1 aliphatic rings. The van der Waals surface area contributed by atoms with E-state index in [1.807, 2.05) is 24.3 Å². The van der Waals surface area contributed by atoms with Crippen molar-refractivity contribution in [1.82, 2.24) is 4.98 Å². The molecule has 0 saturated carbocycles. The molecule has 0 unspecified atom stereocenters. The lowest BCUT2D eigenvalue weighted by Gasteiger charge is -2.13. The van der Waals surface area contributed by atoms with E-state index < -0.39 is 0 Å². The summed E-state index contributed by atoms with van der Waals surface area (Å²) in [5.41, 5.74) is 9.37. The second-order valence-electron chi connectivity index (χ2n) is 7.99. The lowest BCUT2D eigenvalue weighted by Crippen LogP contribution is -2.02. The number of para-hydroxylation sites is 3. The number of benzene rings is 4. The van der Waals surface area contributed by atoms with E-state index in [2.05, 4.69) is 111 Å². The van der Waals surface area contributed by atoms with Crippen molar-refractivity contribution < 1.29 is 0 Å². The first-order chi connectivity index (χ1) is 16.3. The number of aromatic amines is 1. The first-order valence-corrected chi connectivity index (χ1v) is 11.6. The number of allylic oxidation sites excluding steroid dienone is 1. The van der Waals surface area contributed by atoms with Crippen LogP contribution in [-0.2, 0) is 0 Å². The molecule has 0 radical (unpaired) electrons. The van der Waals surface area contributed by atoms with Crippen molar-refractivity contribution in [3.05, 3.63) is 125 Å². The summed E-state index contributed by atoms with van der Waals surface area (Å²) in [7, 11) is 0. The summed E-state index contributed by atoms with van der Waals surface area (Å²) in [5, 5.41) is 4.86. The monoisotopic (exact) mass is 489 g/mol. The second kappa shape index (κ2) is 8.23. The molecule has 0 amide bonds. The van der Waals surface area contributed by atoms with Crippen molar-refractivity contribution in [2.75, 3.05) is 5.32 Å². The second-order valence-corrected chi connectivity index (χ2v) is 8.91. The number of nitrogens with zero attached hydrogens (tertiary/aromatic N) is 1. The molecule has 158 valence electrons. The van der Waals surface area contributed by atoms with Crippen LogP contribution in [0.25, 0.3) is 27.9 Å². The summed E-state index contributed by atoms with van der Waals surface area (Å²) in [6.45, 7) is 0. The van der Waals surface area contributed by atoms with Gasteiger partial charge in [-0.25, -0.2) is 4.99 Å². The van der Waals surface area contributed by atoms with Gasteiger partial charge in [0, 0.05) is 26.5 Å². The van der Waals surface area contributed by atoms with E-state index in [9.17, 15) is 0 Å². The van der Waals surface area contributed by atoms with Crippen LogP contribution in [-0.4, -0.2) is 10.7 Å². The van der Waals surface area contributed by atoms with Crippen LogP contribution in [0.5, 0.6) is 0 Å². The third-order valence-electron chi connectivity index (χ3n) is 5.87. The Morgan fingerprint density at radius 1 is 0.667 bits per heavy atom. The molecule has 3 nitrogen and oxygen atoms in total. The minimum absolute atomic E-state index is 0.916. The van der Waals surface area contributed by atoms with Crippen molar-refractivity contribution in [1.29, 1.82) is 0 Å². The number of hydrogen-bond acceptors (Lipinski definition) is 2. The highest BCUT2D eigenvalue weighted by Crippen LogP contribution is 2.39. The first kappa shape index (κ1) is 19.8. The first-order valence-electron chi connectivity index (χ1n) is 10.9. The fourth-order valence-electron chi connectivity index (χ4n) is 4.30. The lowest BCUT2D eigenvalue weighted by molar-refractivity contribution is 1.43. The minimum atomic E-state index is 0.916. The van der Waals surface area contributed by atoms with Gasteiger partial charge in [0.1, 0.15) is 0 Å². The zero-order valence-electron chi connectivity index (χ0n) is 17.7. The quantitative estimate of drug-likeness (QED) is 0.263. The number of nitrogens with one attached hydrogen (secondary N) is 2. The molecule has 33 heavy (non-hydrogen) atoms. The molecule has 0 spiro atoms. The predicted molar refractivity (Wildman–Crippen MR) is 142 cm³/mol. The van der Waals surface area contributed by atoms with Gasteiger partial charge >= 0.3 is 0 Å². The number of H-pyrrole nitrogens is 1. The third-order valence-corrected chi connectivity index (χ3v) is 6.40. The average molecular weight is 490 g/mol. The van der Waals surface area contributed by atoms with E-state index in [-0.39, 0.29) is 0 Å². The summed E-state index contributed by atoms with van der Waals surface area (Å²) < 4.78 is 1.05. The topological polar surface area (TPSA) is 40.2 Å². The van der Waals surface area contributed by atoms with Crippen LogP contribution >= 0.6 is 15.9 Å². The smallest absolute Gasteiger partial charge is 0.0871 e. The Hall–Kier alpha value is -3.89. The highest BCUT2D eigenvalue weighted by Gasteiger charge is 2.20. The molecular weight excluding hydrogens is 470 g/mol. The molecule has 0 aliphatic carbocycles. The Morgan fingerprint density at radius 3 is 2.24 bits per heavy atom. The van der Waals surface area contributed by atoms with Gasteiger partial charge in [-0.3, -0.25) is 0 Å². The van der Waals surface area contributed by atoms with E-state index >= 15 is 0 Å². The van der Waals surface area contributed by atoms with E-state index in [0.717, 1.165) is 55.2 Å². The molecule has 0 atom stereocenters. The predicted octanol–water partition coefficient (Wildman–Crippen LogP) is 8.18. The standard InChI is InChI=1S/C29H20BrN3/c30-21-16-14-19(15-17-21)26-18-27(32-25-13-7-6-12-24(25)31-26)28-22-10-4-5-11-23(22)33-29(28)20-8-2-1-3-9-20/h1-18,32-33H. The summed E-state index contributed by atoms with van der Waals surface area (Å²) in [4.78, 5) is 8.69. The number of aliphatic imine (C=N–C) groups is 1. The van der Waals surface area contributed by atoms with E-state index in [0.29, 0.717) is 0 Å². The van der Waals surface area contributed by atoms with Gasteiger partial charge in [-0.2, -0.15) is 0 Å². The Labute approximate surface area is 200 Å². The van der Waals surface area contributed by atoms with Gasteiger partial charge in [-0.1, -0.05) is 88.7 Å². The third kappa shape index (κ3) is 3.69. The average Bonchev–Trinajstić information content (AvgIpc) is 3.14. The van der Waals surface area contributed by atoms with E-state index in [1.165, 1.54) is 5.39 Å². The molecule has 1 aliphatic heterocycles. The molecule has 0 bridgehead atoms. The maximum Gasteiger partial charge on any atom is 0.0871 e. The fraction of sp³-hybridized carbons (Fsp3) is 0. The van der Waals surface area contributed by atoms with Crippen molar-refractivity contribution in [2.45, 2.75) is 0 Å². The molecule has 1 aromatic heterocycles. The molecule has 4 aromatic carbocycles. The van der Waals surface area contributed by atoms with Crippen LogP contribution in [0.2, 0.25) is 0 Å². The van der Waals surface area contributed by atoms with Gasteiger partial charge in [0.25, 0.3) is 0 Å². The van der Waals surface area contributed by atoms with Gasteiger partial charge in [-0.15, -0.1) is 0 Å². The van der Waals surface area contributed by atoms with Crippen LogP contribution in [0.4, 0.5) is 11.4 Å². The summed E-state index contributed by atoms with van der Waals surface area (Å²) >= 11 is 3.54. The highest BCUT2D eigenvalue weighted by atomic mass is 79.9. The highest BCUT2D eigenvalue weighted by molar-refractivity contribution is 9.10. The summed E-state index contributed by atoms with van der Waals surface area (Å²) in [6.07, 6.45) is 2.16. The van der Waals surface area contributed by atoms with E-state index in [1.54, 1.807) is 0 Å². The number of aromatic nitrogens is 1. The van der Waals surface area contributed by atoms with Crippen LogP contribution in [0, 0.1) is 0 Å². The lowest BCUT2D eigenvalue weighted by atomic mass is 10.00. The molecule has 4 heteroatoms. The number of fused-ring (bicyclic) bond motifs is 2. The number of rotatable bonds is 3. The van der Waals surface area contributed by atoms with Crippen molar-refractivity contribution in [2.24, 2.45) is 4.99 Å². The maximum atomic E-state index is 5.03. The van der Waals surface area contributed by atoms with Crippen molar-refractivity contribution >= 4 is 49.6 Å². The van der Waals surface area contributed by atoms with Crippen LogP contribution in [0.3, 0.4) is 0 Å². The summed E-state index contributed by atoms with van der Waals surface area (Å²) in [6, 6.07) is 35.4. The van der Waals surface area contributed by atoms with Gasteiger partial charge in [-0.05, 0) is 42.0 Å². The van der Waals surface area contributed by atoms with Crippen LogP contribution in [0.1, 0.15) is 11.1 Å². The molecular formula is C29H20BrN3. The largest absolute Gasteiger partial charge is 0.354 e. The molecule has 5 aromatic rings. The molecule has 6 rings (SSSR count). The van der Waals surface area contributed by atoms with E-state index in [4.69, 9.17) is 4.99 Å². The number of anilines is 1. The zero-order chi connectivity index (χ0) is 22.2. The number of hydrogen-bond donors (Lipinski definition) is 2. The van der Waals surface area contributed by atoms with Gasteiger partial charge in [0.05, 0.1) is 28.5 Å². The zero-order valence-corrected chi connectivity index (χ0v) is 19.3. The summed E-state index contributed by atoms with van der Waals surface area (Å²) in [5.74, 6) is 0. The normalized spacial score (nSPS) is 13.0. The fourth-order valence-corrected chi connectivity index (χ4v) is 4.57. The molecule has 2 heterocycles. The molecule has 0 fully saturated rings. The van der Waals surface area contributed by atoms with Crippen LogP contribution < -0.4 is 5.32 Å². The van der Waals surface area contributed by atoms with Crippen molar-refractivity contribution in [3.8, 4) is 11.3 Å². The maximum absolute atomic E-state index is 5.03. The Kier molecular flexibility index (Phi) is 4.93. The Bertz CT molecular complexity index is 1530. The van der Waals surface area contributed by atoms with Crippen LogP contribution in [0.15, 0.2) is 119 Å². The van der Waals surface area contributed by atoms with Gasteiger partial charge in [0.2, 0.25) is 0 Å². The SMILES string of the molecule is Brc1ccc(C2=Nc3ccccc3NC(c3c(-c4ccccc4)[nH]c4ccccc34)=C2)cc1. The van der Waals surface area contributed by atoms with Gasteiger partial charge in [0.15, 0.2) is 0 Å². The molecule has 0 saturated heterocycles. The van der Waals surface area contributed by atoms with Gasteiger partial charge < -0.3 is 10.3 Å². The minimum Gasteiger partial charge on any atom is -0.354 e.